The molecule has 6 rings (SSSR count). The van der Waals surface area contributed by atoms with Crippen LogP contribution >= 0.6 is 23.2 Å². The van der Waals surface area contributed by atoms with Gasteiger partial charge in [0.2, 0.25) is 0 Å². The van der Waals surface area contributed by atoms with E-state index in [1.807, 2.05) is 48.5 Å². The van der Waals surface area contributed by atoms with E-state index in [4.69, 9.17) is 42.1 Å². The van der Waals surface area contributed by atoms with Gasteiger partial charge in [0.1, 0.15) is 34.5 Å². The molecule has 0 aliphatic carbocycles. The van der Waals surface area contributed by atoms with Gasteiger partial charge in [-0.25, -0.2) is 0 Å². The minimum absolute atomic E-state index is 0.101. The Hall–Kier alpha value is -5.84. The summed E-state index contributed by atoms with van der Waals surface area (Å²) in [6, 6.07) is 27.6. The minimum Gasteiger partial charge on any atom is -0.507 e. The Morgan fingerprint density at radius 1 is 0.500 bits per heavy atom. The van der Waals surface area contributed by atoms with E-state index in [1.54, 1.807) is 42.5 Å². The maximum atomic E-state index is 12.6. The summed E-state index contributed by atoms with van der Waals surface area (Å²) in [7, 11) is 5.92. The summed E-state index contributed by atoms with van der Waals surface area (Å²) >= 11 is 12.2. The summed E-state index contributed by atoms with van der Waals surface area (Å²) in [6.45, 7) is 0. The molecule has 0 heterocycles. The number of nitrogens with one attached hydrogen (secondary N) is 2. The van der Waals surface area contributed by atoms with Crippen molar-refractivity contribution in [3.8, 4) is 34.5 Å². The molecule has 2 amide bonds. The molecule has 0 fully saturated rings. The largest absolute Gasteiger partial charge is 0.507 e. The number of amides is 2. The fourth-order valence-electron chi connectivity index (χ4n) is 5.12. The summed E-state index contributed by atoms with van der Waals surface area (Å²) in [4.78, 5) is 25.2. The maximum absolute atomic E-state index is 12.6. The van der Waals surface area contributed by atoms with Gasteiger partial charge in [0.15, 0.2) is 0 Å². The van der Waals surface area contributed by atoms with E-state index in [0.717, 1.165) is 21.5 Å². The van der Waals surface area contributed by atoms with Crippen LogP contribution < -0.4 is 29.6 Å². The Kier molecular flexibility index (Phi) is 11.1. The Bertz CT molecular complexity index is 2220. The van der Waals surface area contributed by atoms with E-state index < -0.39 is 11.8 Å². The molecule has 10 nitrogen and oxygen atoms in total. The molecule has 0 atom stereocenters. The monoisotopic (exact) mass is 714 g/mol. The lowest BCUT2D eigenvalue weighted by molar-refractivity contribution is 0.101. The van der Waals surface area contributed by atoms with Gasteiger partial charge in [0.05, 0.1) is 61.0 Å². The second kappa shape index (κ2) is 15.6. The van der Waals surface area contributed by atoms with Crippen LogP contribution in [-0.2, 0) is 0 Å². The van der Waals surface area contributed by atoms with Gasteiger partial charge in [0.25, 0.3) is 11.8 Å². The number of hydrogen-bond donors (Lipinski definition) is 4. The number of carbonyl (C=O) groups is 2. The fourth-order valence-corrected chi connectivity index (χ4v) is 5.59. The van der Waals surface area contributed by atoms with Crippen LogP contribution in [0.1, 0.15) is 20.7 Å². The van der Waals surface area contributed by atoms with Crippen LogP contribution in [0.3, 0.4) is 0 Å². The van der Waals surface area contributed by atoms with Gasteiger partial charge in [-0.05, 0) is 51.9 Å². The lowest BCUT2D eigenvalue weighted by Gasteiger charge is -2.14. The number of carbonyl (C=O) groups excluding carboxylic acids is 2. The summed E-state index contributed by atoms with van der Waals surface area (Å²) in [6.07, 6.45) is 0. The molecular weight excluding hydrogens is 683 g/mol. The van der Waals surface area contributed by atoms with E-state index in [2.05, 4.69) is 10.6 Å². The molecule has 0 bridgehead atoms. The van der Waals surface area contributed by atoms with Crippen molar-refractivity contribution in [2.75, 3.05) is 39.1 Å². The van der Waals surface area contributed by atoms with Gasteiger partial charge < -0.3 is 39.8 Å². The molecule has 0 radical (unpaired) electrons. The molecular formula is C38H32Cl2N2O8. The molecule has 0 spiro atoms. The van der Waals surface area contributed by atoms with E-state index in [9.17, 15) is 19.8 Å². The Morgan fingerprint density at radius 3 is 1.30 bits per heavy atom. The number of rotatable bonds is 8. The highest BCUT2D eigenvalue weighted by molar-refractivity contribution is 6.33. The highest BCUT2D eigenvalue weighted by Gasteiger charge is 2.18. The highest BCUT2D eigenvalue weighted by atomic mass is 35.5. The van der Waals surface area contributed by atoms with E-state index in [-0.39, 0.29) is 22.6 Å². The lowest BCUT2D eigenvalue weighted by Crippen LogP contribution is -2.13. The third kappa shape index (κ3) is 7.72. The van der Waals surface area contributed by atoms with Gasteiger partial charge >= 0.3 is 0 Å². The third-order valence-electron chi connectivity index (χ3n) is 7.66. The van der Waals surface area contributed by atoms with Gasteiger partial charge in [-0.15, -0.1) is 0 Å². The predicted molar refractivity (Wildman–Crippen MR) is 196 cm³/mol. The quantitative estimate of drug-likeness (QED) is 0.123. The summed E-state index contributed by atoms with van der Waals surface area (Å²) < 4.78 is 20.8. The number of halogens is 2. The Morgan fingerprint density at radius 2 is 0.860 bits per heavy atom. The van der Waals surface area contributed by atoms with Crippen LogP contribution in [-0.4, -0.2) is 50.5 Å². The first-order chi connectivity index (χ1) is 24.1. The van der Waals surface area contributed by atoms with Crippen molar-refractivity contribution in [1.82, 2.24) is 0 Å². The predicted octanol–water partition coefficient (Wildman–Crippen LogP) is 8.94. The molecule has 0 unspecified atom stereocenters. The Balaban J connectivity index is 0.000000194. The van der Waals surface area contributed by atoms with Crippen molar-refractivity contribution in [2.24, 2.45) is 0 Å². The molecule has 0 aromatic heterocycles. The van der Waals surface area contributed by atoms with Crippen LogP contribution in [0.25, 0.3) is 21.5 Å². The van der Waals surface area contributed by atoms with Crippen molar-refractivity contribution in [2.45, 2.75) is 0 Å². The normalized spacial score (nSPS) is 10.5. The molecule has 6 aromatic rings. The zero-order valence-corrected chi connectivity index (χ0v) is 28.8. The standard InChI is InChI=1S/2C19H16ClNO4/c1-24-17-10-15(18(25-2)9-14(17)20)21-19(23)13-7-11-5-3-4-6-12(11)8-16(13)22;1-24-17-10-18(25-2)15(9-14(17)20)21-19(23)13-7-11-5-3-4-6-12(11)8-16(13)22/h2*3-10,22H,1-2H3,(H,21,23). The molecule has 0 saturated carbocycles. The van der Waals surface area contributed by atoms with Gasteiger partial charge in [0, 0.05) is 18.2 Å². The fraction of sp³-hybridized carbons (Fsp3) is 0.105. The van der Waals surface area contributed by atoms with Crippen LogP contribution in [0, 0.1) is 0 Å². The first-order valence-corrected chi connectivity index (χ1v) is 15.7. The number of hydrogen-bond acceptors (Lipinski definition) is 8. The molecule has 6 aromatic carbocycles. The molecule has 0 aliphatic rings. The summed E-state index contributed by atoms with van der Waals surface area (Å²) in [5.74, 6) is 0.486. The third-order valence-corrected chi connectivity index (χ3v) is 8.25. The SMILES string of the molecule is COc1cc(NC(=O)c2cc3ccccc3cc2O)c(OC)cc1Cl.COc1cc(OC)c(NC(=O)c2cc3ccccc3cc2O)cc1Cl. The van der Waals surface area contributed by atoms with Crippen LogP contribution in [0.4, 0.5) is 11.4 Å². The Labute approximate surface area is 297 Å². The first kappa shape index (κ1) is 35.5. The zero-order valence-electron chi connectivity index (χ0n) is 27.3. The number of phenolic OH excluding ortho intramolecular Hbond substituents is 2. The number of fused-ring (bicyclic) bond motifs is 2. The average molecular weight is 716 g/mol. The van der Waals surface area contributed by atoms with Gasteiger partial charge in [-0.2, -0.15) is 0 Å². The number of methoxy groups -OCH3 is 4. The number of ether oxygens (including phenoxy) is 4. The molecule has 0 saturated heterocycles. The van der Waals surface area contributed by atoms with Crippen LogP contribution in [0.5, 0.6) is 34.5 Å². The number of benzene rings is 6. The highest BCUT2D eigenvalue weighted by Crippen LogP contribution is 2.38. The van der Waals surface area contributed by atoms with Crippen molar-refractivity contribution in [3.05, 3.63) is 118 Å². The average Bonchev–Trinajstić information content (AvgIpc) is 3.11. The number of anilines is 2. The van der Waals surface area contributed by atoms with E-state index in [0.29, 0.717) is 44.4 Å². The topological polar surface area (TPSA) is 136 Å². The molecule has 4 N–H and O–H groups in total. The second-order valence-corrected chi connectivity index (χ2v) is 11.5. The van der Waals surface area contributed by atoms with Gasteiger partial charge in [-0.3, -0.25) is 9.59 Å². The molecule has 50 heavy (non-hydrogen) atoms. The van der Waals surface area contributed by atoms with Crippen molar-refractivity contribution in [1.29, 1.82) is 0 Å². The maximum Gasteiger partial charge on any atom is 0.259 e. The van der Waals surface area contributed by atoms with Crippen molar-refractivity contribution < 1.29 is 38.7 Å². The van der Waals surface area contributed by atoms with Gasteiger partial charge in [-0.1, -0.05) is 71.7 Å². The molecule has 12 heteroatoms. The summed E-state index contributed by atoms with van der Waals surface area (Å²) in [5, 5.41) is 29.9. The first-order valence-electron chi connectivity index (χ1n) is 15.0. The lowest BCUT2D eigenvalue weighted by atomic mass is 10.1. The number of phenols is 2. The summed E-state index contributed by atoms with van der Waals surface area (Å²) in [5.41, 5.74) is 1.09. The van der Waals surface area contributed by atoms with Crippen LogP contribution in [0.15, 0.2) is 97.1 Å². The second-order valence-electron chi connectivity index (χ2n) is 10.7. The smallest absolute Gasteiger partial charge is 0.259 e. The van der Waals surface area contributed by atoms with Crippen LogP contribution in [0.2, 0.25) is 10.0 Å². The van der Waals surface area contributed by atoms with E-state index in [1.165, 1.54) is 34.5 Å². The molecule has 256 valence electrons. The van der Waals surface area contributed by atoms with Crippen molar-refractivity contribution in [3.63, 3.8) is 0 Å². The number of aromatic hydroxyl groups is 2. The minimum atomic E-state index is -0.470. The van der Waals surface area contributed by atoms with E-state index >= 15 is 0 Å². The molecule has 0 aliphatic heterocycles. The zero-order chi connectivity index (χ0) is 35.9. The van der Waals surface area contributed by atoms with Crippen molar-refractivity contribution >= 4 is 67.9 Å².